The minimum Gasteiger partial charge on any atom is -0.360 e. The van der Waals surface area contributed by atoms with Crippen LogP contribution < -0.4 is 14.5 Å². The Bertz CT molecular complexity index is 1300. The molecule has 4 rings (SSSR count). The monoisotopic (exact) mass is 440 g/mol. The molecule has 9 nitrogen and oxygen atoms in total. The van der Waals surface area contributed by atoms with Gasteiger partial charge in [-0.25, -0.2) is 13.2 Å². The first-order valence-electron chi connectivity index (χ1n) is 9.45. The lowest BCUT2D eigenvalue weighted by Crippen LogP contribution is -2.53. The maximum atomic E-state index is 13.4. The molecule has 31 heavy (non-hydrogen) atoms. The molecule has 0 bridgehead atoms. The van der Waals surface area contributed by atoms with Crippen LogP contribution in [0.15, 0.2) is 57.9 Å². The van der Waals surface area contributed by atoms with Gasteiger partial charge in [-0.3, -0.25) is 9.69 Å². The summed E-state index contributed by atoms with van der Waals surface area (Å²) < 4.78 is 32.3. The lowest BCUT2D eigenvalue weighted by molar-refractivity contribution is -0.114. The molecule has 160 valence electrons. The molecule has 0 fully saturated rings. The van der Waals surface area contributed by atoms with E-state index in [4.69, 9.17) is 4.52 Å². The van der Waals surface area contributed by atoms with Crippen molar-refractivity contribution in [2.75, 3.05) is 21.1 Å². The van der Waals surface area contributed by atoms with Crippen molar-refractivity contribution in [3.8, 4) is 0 Å². The molecule has 10 heteroatoms. The van der Waals surface area contributed by atoms with Crippen LogP contribution in [0.3, 0.4) is 0 Å². The van der Waals surface area contributed by atoms with E-state index in [1.54, 1.807) is 44.2 Å². The Hall–Kier alpha value is -3.66. The Morgan fingerprint density at radius 3 is 2.48 bits per heavy atom. The largest absolute Gasteiger partial charge is 0.360 e. The van der Waals surface area contributed by atoms with Gasteiger partial charge in [0.25, 0.3) is 10.0 Å². The first kappa shape index (κ1) is 20.6. The molecule has 0 saturated carbocycles. The van der Waals surface area contributed by atoms with Gasteiger partial charge in [-0.15, -0.1) is 0 Å². The molecule has 0 spiro atoms. The van der Waals surface area contributed by atoms with Crippen LogP contribution in [0.4, 0.5) is 22.0 Å². The molecular formula is C21H20N4O5S. The smallest absolute Gasteiger partial charge is 0.343 e. The number of aromatic nitrogens is 1. The predicted octanol–water partition coefficient (Wildman–Crippen LogP) is 3.37. The number of nitrogens with one attached hydrogen (secondary N) is 1. The summed E-state index contributed by atoms with van der Waals surface area (Å²) in [5, 5.41) is 6.25. The summed E-state index contributed by atoms with van der Waals surface area (Å²) in [5.74, 6) is 0.178. The number of carbonyl (C=O) groups excluding carboxylic acids is 2. The van der Waals surface area contributed by atoms with Gasteiger partial charge in [-0.05, 0) is 44.5 Å². The van der Waals surface area contributed by atoms with Crippen LogP contribution in [0.2, 0.25) is 0 Å². The number of carbonyl (C=O) groups is 2. The van der Waals surface area contributed by atoms with Gasteiger partial charge in [-0.1, -0.05) is 35.0 Å². The molecule has 0 unspecified atom stereocenters. The van der Waals surface area contributed by atoms with E-state index in [1.807, 2.05) is 6.92 Å². The second-order valence-electron chi connectivity index (χ2n) is 7.27. The van der Waals surface area contributed by atoms with E-state index >= 15 is 0 Å². The molecule has 1 aliphatic heterocycles. The van der Waals surface area contributed by atoms with Crippen molar-refractivity contribution >= 4 is 39.2 Å². The third-order valence-electron chi connectivity index (χ3n) is 4.85. The Morgan fingerprint density at radius 1 is 1.06 bits per heavy atom. The average molecular weight is 440 g/mol. The minimum absolute atomic E-state index is 0.0559. The zero-order chi connectivity index (χ0) is 22.3. The van der Waals surface area contributed by atoms with Gasteiger partial charge in [-0.2, -0.15) is 4.31 Å². The summed E-state index contributed by atoms with van der Waals surface area (Å²) in [6.45, 7) is 4.88. The third-order valence-corrected chi connectivity index (χ3v) is 6.58. The van der Waals surface area contributed by atoms with Gasteiger partial charge in [0.1, 0.15) is 17.2 Å². The van der Waals surface area contributed by atoms with Gasteiger partial charge in [0.2, 0.25) is 5.91 Å². The van der Waals surface area contributed by atoms with Crippen molar-refractivity contribution < 1.29 is 22.5 Å². The van der Waals surface area contributed by atoms with Gasteiger partial charge < -0.3 is 9.84 Å². The minimum atomic E-state index is -4.16. The fourth-order valence-corrected chi connectivity index (χ4v) is 5.14. The molecule has 3 aromatic rings. The van der Waals surface area contributed by atoms with E-state index in [2.05, 4.69) is 10.5 Å². The number of hydrogen-bond acceptors (Lipinski definition) is 6. The zero-order valence-corrected chi connectivity index (χ0v) is 17.9. The van der Waals surface area contributed by atoms with Crippen molar-refractivity contribution in [3.05, 3.63) is 65.4 Å². The van der Waals surface area contributed by atoms with Crippen molar-refractivity contribution in [1.82, 2.24) is 5.16 Å². The Morgan fingerprint density at radius 2 is 1.81 bits per heavy atom. The molecule has 0 saturated heterocycles. The molecule has 0 atom stereocenters. The molecule has 0 aliphatic carbocycles. The number of anilines is 3. The molecule has 1 N–H and O–H groups in total. The molecular weight excluding hydrogens is 420 g/mol. The van der Waals surface area contributed by atoms with E-state index in [0.29, 0.717) is 11.3 Å². The lowest BCUT2D eigenvalue weighted by Gasteiger charge is -2.36. The average Bonchev–Trinajstić information content (AvgIpc) is 3.11. The van der Waals surface area contributed by atoms with E-state index in [0.717, 1.165) is 14.8 Å². The molecule has 1 aromatic heterocycles. The molecule has 0 radical (unpaired) electrons. The van der Waals surface area contributed by atoms with Gasteiger partial charge >= 0.3 is 6.03 Å². The summed E-state index contributed by atoms with van der Waals surface area (Å²) in [6, 6.07) is 11.9. The number of amides is 3. The number of urea groups is 1. The van der Waals surface area contributed by atoms with Crippen molar-refractivity contribution in [1.29, 1.82) is 0 Å². The summed E-state index contributed by atoms with van der Waals surface area (Å²) in [6.07, 6.45) is 0. The zero-order valence-electron chi connectivity index (χ0n) is 17.1. The fraction of sp³-hybridized carbons (Fsp3) is 0.190. The van der Waals surface area contributed by atoms with E-state index in [1.165, 1.54) is 18.2 Å². The van der Waals surface area contributed by atoms with Gasteiger partial charge in [0.15, 0.2) is 5.82 Å². The van der Waals surface area contributed by atoms with Crippen LogP contribution in [-0.2, 0) is 14.8 Å². The Balaban J connectivity index is 1.76. The Kier molecular flexibility index (Phi) is 5.02. The van der Waals surface area contributed by atoms with Crippen molar-refractivity contribution in [2.24, 2.45) is 0 Å². The molecule has 2 aromatic carbocycles. The van der Waals surface area contributed by atoms with Crippen LogP contribution in [0.5, 0.6) is 0 Å². The van der Waals surface area contributed by atoms with Crippen LogP contribution in [-0.4, -0.2) is 32.1 Å². The quantitative estimate of drug-likeness (QED) is 0.666. The highest BCUT2D eigenvalue weighted by Gasteiger charge is 2.43. The van der Waals surface area contributed by atoms with Crippen LogP contribution in [0.25, 0.3) is 0 Å². The van der Waals surface area contributed by atoms with E-state index in [9.17, 15) is 18.0 Å². The number of para-hydroxylation sites is 1. The standard InChI is InChI=1S/C21H20N4O5S/c1-13-8-9-16(14(2)10-13)25-21(27)24(12-20(26)22-19-11-15(3)30-23-19)17-6-4-5-7-18(17)31(25,28)29/h4-11H,12H2,1-3H3,(H,22,23,26). The van der Waals surface area contributed by atoms with E-state index < -0.39 is 28.5 Å². The maximum Gasteiger partial charge on any atom is 0.343 e. The number of fused-ring (bicyclic) bond motifs is 1. The second kappa shape index (κ2) is 7.55. The van der Waals surface area contributed by atoms with Crippen LogP contribution in [0.1, 0.15) is 16.9 Å². The summed E-state index contributed by atoms with van der Waals surface area (Å²) >= 11 is 0. The molecule has 1 aliphatic rings. The first-order valence-corrected chi connectivity index (χ1v) is 10.9. The SMILES string of the molecule is Cc1ccc(N2C(=O)N(CC(=O)Nc3cc(C)on3)c3ccccc3S2(=O)=O)c(C)c1. The number of aryl methyl sites for hydroxylation is 3. The van der Waals surface area contributed by atoms with Gasteiger partial charge in [0.05, 0.1) is 11.4 Å². The highest BCUT2D eigenvalue weighted by Crippen LogP contribution is 2.38. The summed E-state index contributed by atoms with van der Waals surface area (Å²) in [4.78, 5) is 27.1. The maximum absolute atomic E-state index is 13.4. The third kappa shape index (κ3) is 3.66. The van der Waals surface area contributed by atoms with E-state index in [-0.39, 0.29) is 22.1 Å². The first-order chi connectivity index (χ1) is 14.7. The highest BCUT2D eigenvalue weighted by atomic mass is 32.2. The van der Waals surface area contributed by atoms with Gasteiger partial charge in [0, 0.05) is 6.07 Å². The topological polar surface area (TPSA) is 113 Å². The lowest BCUT2D eigenvalue weighted by atomic mass is 10.1. The fourth-order valence-electron chi connectivity index (χ4n) is 3.48. The van der Waals surface area contributed by atoms with Crippen LogP contribution in [0, 0.1) is 20.8 Å². The van der Waals surface area contributed by atoms with Crippen LogP contribution >= 0.6 is 0 Å². The summed E-state index contributed by atoms with van der Waals surface area (Å²) in [7, 11) is -4.16. The predicted molar refractivity (Wildman–Crippen MR) is 115 cm³/mol. The number of hydrogen-bond donors (Lipinski definition) is 1. The van der Waals surface area contributed by atoms with Crippen molar-refractivity contribution in [3.63, 3.8) is 0 Å². The highest BCUT2D eigenvalue weighted by molar-refractivity contribution is 7.94. The van der Waals surface area contributed by atoms with Crippen molar-refractivity contribution in [2.45, 2.75) is 25.7 Å². The summed E-state index contributed by atoms with van der Waals surface area (Å²) in [5.41, 5.74) is 1.93. The second-order valence-corrected chi connectivity index (χ2v) is 9.02. The number of rotatable bonds is 4. The normalized spacial score (nSPS) is 15.0. The number of benzene rings is 2. The number of nitrogens with zero attached hydrogens (tertiary/aromatic N) is 3. The number of sulfonamides is 1. The molecule has 2 heterocycles. The Labute approximate surface area is 179 Å². The molecule has 3 amide bonds.